The van der Waals surface area contributed by atoms with E-state index in [1.807, 2.05) is 25.1 Å². The summed E-state index contributed by atoms with van der Waals surface area (Å²) in [6.45, 7) is 26.7. The maximum Gasteiger partial charge on any atom is 2.00 e. The monoisotopic (exact) mass is 998 g/mol. The van der Waals surface area contributed by atoms with Crippen LogP contribution in [0.3, 0.4) is 0 Å². The number of unbranched alkanes of at least 4 members (excludes halogenated alkanes) is 2. The van der Waals surface area contributed by atoms with E-state index in [-0.39, 0.29) is 72.8 Å². The molecule has 2 aliphatic heterocycles. The molecule has 1 amide bonds. The number of allylic oxidation sites excluding steroid dienone is 2. The van der Waals surface area contributed by atoms with Gasteiger partial charge >= 0.3 is 35.0 Å². The molecule has 0 aliphatic carbocycles. The van der Waals surface area contributed by atoms with E-state index in [1.54, 1.807) is 0 Å². The molecule has 3 aromatic heterocycles. The quantitative estimate of drug-likeness (QED) is 0.0254. The van der Waals surface area contributed by atoms with E-state index in [0.717, 1.165) is 87.5 Å². The van der Waals surface area contributed by atoms with Crippen LogP contribution in [0, 0.1) is 31.6 Å². The number of carbonyl (C=O) groups is 3. The molecule has 0 saturated carbocycles. The van der Waals surface area contributed by atoms with Gasteiger partial charge in [-0.05, 0) is 137 Å². The standard InChI is InChI=1S/C60H87N5O6.Mg/c1-13-45-41(8)49-34-51-43(10)47(27-28-55(67)71-32-29-40(7)26-20-25-39(6)24-19-23-38(5)22-18-21-37(3)4)58(64-51)48(33-56(68)70-12)59-57(60(69)61-30-16-15-17-31-66)44(11)52(65-59)36-54-46(14-2)42(9)50(63-54)35-53(45)62-49;/h13,29,34-39,43,47,62-63,66H,1,14-28,30-33H2,2-12H3,(H,61,69);/q;+2/b40-29+,49-34?,50-35?,51-34?,52-36?,53-35?,54-36?,58-48?,59-48?;. The van der Waals surface area contributed by atoms with Gasteiger partial charge in [0.1, 0.15) is 6.61 Å². The minimum absolute atomic E-state index is 0. The Kier molecular flexibility index (Phi) is 24.5. The van der Waals surface area contributed by atoms with Crippen molar-refractivity contribution in [3.8, 4) is 0 Å². The first-order valence-electron chi connectivity index (χ1n) is 26.9. The number of nitrogens with one attached hydrogen (secondary N) is 3. The van der Waals surface area contributed by atoms with Gasteiger partial charge in [-0.1, -0.05) is 105 Å². The predicted octanol–water partition coefficient (Wildman–Crippen LogP) is 13.3. The second-order valence-electron chi connectivity index (χ2n) is 21.1. The number of H-pyrrole nitrogens is 2. The summed E-state index contributed by atoms with van der Waals surface area (Å²) in [5.41, 5.74) is 13.0. The molecule has 5 heterocycles. The molecule has 4 N–H and O–H groups in total. The van der Waals surface area contributed by atoms with Crippen molar-refractivity contribution in [2.24, 2.45) is 17.8 Å². The van der Waals surface area contributed by atoms with Gasteiger partial charge < -0.3 is 29.9 Å². The molecule has 0 fully saturated rings. The fraction of sp³-hybridized carbons (Fsp3) is 0.583. The molecule has 0 aromatic carbocycles. The van der Waals surface area contributed by atoms with Crippen LogP contribution in [-0.4, -0.2) is 92.8 Å². The molecule has 0 radical (unpaired) electrons. The molecular weight excluding hydrogens is 911 g/mol. The summed E-state index contributed by atoms with van der Waals surface area (Å²) in [5, 5.41) is 12.5. The molecule has 2 aliphatic rings. The average Bonchev–Trinajstić information content (AvgIpc) is 4.02. The van der Waals surface area contributed by atoms with Crippen molar-refractivity contribution in [3.63, 3.8) is 0 Å². The molecule has 4 atom stereocenters. The van der Waals surface area contributed by atoms with Gasteiger partial charge in [0.15, 0.2) is 0 Å². The molecule has 8 bridgehead atoms. The van der Waals surface area contributed by atoms with Gasteiger partial charge in [-0.25, -0.2) is 4.98 Å². The van der Waals surface area contributed by atoms with Crippen molar-refractivity contribution < 1.29 is 29.0 Å². The van der Waals surface area contributed by atoms with Gasteiger partial charge in [0.05, 0.1) is 36.2 Å². The number of ether oxygens (including phenoxy) is 2. The first kappa shape index (κ1) is 60.0. The Morgan fingerprint density at radius 1 is 0.819 bits per heavy atom. The first-order chi connectivity index (χ1) is 34.0. The zero-order chi connectivity index (χ0) is 51.8. The number of esters is 2. The summed E-state index contributed by atoms with van der Waals surface area (Å²) in [7, 11) is 1.35. The Hall–Kier alpha value is -4.52. The molecule has 11 nitrogen and oxygen atoms in total. The van der Waals surface area contributed by atoms with Gasteiger partial charge in [0.25, 0.3) is 5.91 Å². The van der Waals surface area contributed by atoms with Gasteiger partial charge in [-0.2, -0.15) is 0 Å². The van der Waals surface area contributed by atoms with Crippen molar-refractivity contribution in [2.75, 3.05) is 26.9 Å². The van der Waals surface area contributed by atoms with E-state index in [2.05, 4.69) is 96.3 Å². The summed E-state index contributed by atoms with van der Waals surface area (Å²) < 4.78 is 11.2. The van der Waals surface area contributed by atoms with Crippen LogP contribution in [0.2, 0.25) is 0 Å². The van der Waals surface area contributed by atoms with Crippen LogP contribution < -0.4 is 5.32 Å². The van der Waals surface area contributed by atoms with Crippen LogP contribution in [0.5, 0.6) is 0 Å². The van der Waals surface area contributed by atoms with E-state index in [9.17, 15) is 19.5 Å². The molecule has 388 valence electrons. The number of aliphatic hydroxyl groups excluding tert-OH is 1. The third-order valence-electron chi connectivity index (χ3n) is 15.1. The number of carbonyl (C=O) groups excluding carboxylic acids is 3. The van der Waals surface area contributed by atoms with Crippen molar-refractivity contribution in [1.29, 1.82) is 0 Å². The summed E-state index contributed by atoms with van der Waals surface area (Å²) >= 11 is 0. The third-order valence-corrected chi connectivity index (χ3v) is 15.1. The van der Waals surface area contributed by atoms with Crippen LogP contribution in [-0.2, 0) is 36.7 Å². The Morgan fingerprint density at radius 2 is 1.49 bits per heavy atom. The molecular formula is C60H87MgN5O6+2. The SMILES string of the molecule is C=Cc1c(C)c2cc3nc(c(CC(=O)OC)c4nc(cc5[nH]c(cc1[nH]2)c(C)c5CC)C(C)=C4C(=O)NCCCCCO)C(CCC(=O)OC/C=C(\C)CCCC(C)CCCC(C)CCCC(C)C)C3C.[Mg+2]. The average molecular weight is 999 g/mol. The number of hydrogen-bond acceptors (Lipinski definition) is 8. The number of hydrogen-bond donors (Lipinski definition) is 4. The maximum absolute atomic E-state index is 14.4. The van der Waals surface area contributed by atoms with E-state index < -0.39 is 5.97 Å². The number of methoxy groups -OCH3 is 1. The molecule has 12 heteroatoms. The number of nitrogens with zero attached hydrogens (tertiary/aromatic N) is 2. The Bertz CT molecular complexity index is 2570. The summed E-state index contributed by atoms with van der Waals surface area (Å²) in [6, 6.07) is 6.17. The smallest absolute Gasteiger partial charge is 0.469 e. The topological polar surface area (TPSA) is 159 Å². The van der Waals surface area contributed by atoms with Crippen LogP contribution in [0.4, 0.5) is 0 Å². The van der Waals surface area contributed by atoms with E-state index in [1.165, 1.54) is 57.6 Å². The number of rotatable bonds is 27. The van der Waals surface area contributed by atoms with Crippen LogP contribution in [0.15, 0.2) is 36.4 Å². The van der Waals surface area contributed by atoms with Gasteiger partial charge in [-0.15, -0.1) is 0 Å². The largest absolute Gasteiger partial charge is 2.00 e. The summed E-state index contributed by atoms with van der Waals surface area (Å²) in [6.07, 6.45) is 18.4. The van der Waals surface area contributed by atoms with Gasteiger partial charge in [0.2, 0.25) is 0 Å². The Labute approximate surface area is 447 Å². The molecule has 4 unspecified atom stereocenters. The Balaban J connectivity index is 0.0000112. The molecule has 3 aromatic rings. The summed E-state index contributed by atoms with van der Waals surface area (Å²) in [4.78, 5) is 59.5. The van der Waals surface area contributed by atoms with E-state index in [4.69, 9.17) is 19.4 Å². The molecule has 5 rings (SSSR count). The van der Waals surface area contributed by atoms with Crippen LogP contribution in [0.1, 0.15) is 208 Å². The van der Waals surface area contributed by atoms with Crippen LogP contribution >= 0.6 is 0 Å². The van der Waals surface area contributed by atoms with Gasteiger partial charge in [-0.3, -0.25) is 19.4 Å². The minimum Gasteiger partial charge on any atom is -0.469 e. The molecule has 0 saturated heterocycles. The summed E-state index contributed by atoms with van der Waals surface area (Å²) in [5.74, 6) is 0.694. The van der Waals surface area contributed by atoms with E-state index >= 15 is 0 Å². The number of aromatic amines is 2. The van der Waals surface area contributed by atoms with Crippen molar-refractivity contribution in [3.05, 3.63) is 87.0 Å². The third kappa shape index (κ3) is 16.2. The molecule has 0 spiro atoms. The second-order valence-corrected chi connectivity index (χ2v) is 21.1. The zero-order valence-electron chi connectivity index (χ0n) is 46.0. The Morgan fingerprint density at radius 3 is 2.14 bits per heavy atom. The van der Waals surface area contributed by atoms with Crippen molar-refractivity contribution in [2.45, 2.75) is 184 Å². The van der Waals surface area contributed by atoms with Crippen molar-refractivity contribution in [1.82, 2.24) is 25.3 Å². The van der Waals surface area contributed by atoms with E-state index in [0.29, 0.717) is 65.5 Å². The number of aromatic nitrogens is 4. The fourth-order valence-electron chi connectivity index (χ4n) is 10.5. The predicted molar refractivity (Wildman–Crippen MR) is 298 cm³/mol. The number of amides is 1. The minimum atomic E-state index is -0.495. The normalized spacial score (nSPS) is 15.6. The van der Waals surface area contributed by atoms with Crippen molar-refractivity contribution >= 4 is 80.2 Å². The van der Waals surface area contributed by atoms with Gasteiger partial charge in [0, 0.05) is 70.3 Å². The molecule has 72 heavy (non-hydrogen) atoms. The second kappa shape index (κ2) is 29.4. The van der Waals surface area contributed by atoms with Crippen LogP contribution in [0.25, 0.3) is 39.3 Å². The fourth-order valence-corrected chi connectivity index (χ4v) is 10.5. The number of aryl methyl sites for hydroxylation is 3. The zero-order valence-corrected chi connectivity index (χ0v) is 47.4. The maximum atomic E-state index is 14.4. The number of fused-ring (bicyclic) bond motifs is 8. The number of aliphatic hydroxyl groups is 1. The first-order valence-corrected chi connectivity index (χ1v) is 26.9.